The molecule has 0 aliphatic heterocycles. The molecule has 2 aromatic carbocycles. The number of nitrogens with zero attached hydrogens (tertiary/aromatic N) is 1. The Morgan fingerprint density at radius 1 is 1.03 bits per heavy atom. The van der Waals surface area contributed by atoms with Gasteiger partial charge < -0.3 is 4.74 Å². The van der Waals surface area contributed by atoms with Crippen molar-refractivity contribution in [2.45, 2.75) is 49.5 Å². The molecule has 7 heteroatoms. The van der Waals surface area contributed by atoms with Crippen LogP contribution in [-0.4, -0.2) is 37.9 Å². The van der Waals surface area contributed by atoms with Crippen molar-refractivity contribution < 1.29 is 22.3 Å². The largest absolute Gasteiger partial charge is 0.469 e. The first-order chi connectivity index (χ1) is 13.8. The number of halogens is 1. The molecular weight excluding hydrogens is 393 g/mol. The second-order valence-corrected chi connectivity index (χ2v) is 9.50. The van der Waals surface area contributed by atoms with Crippen LogP contribution in [-0.2, 0) is 19.6 Å². The number of carbonyl (C=O) groups is 1. The standard InChI is InChI=1S/C22H26FNO4S/c1-22(14-3-4-15-22)24(16-13-21(25)28-2)29(26,27)20-11-7-18(8-12-20)17-5-9-19(23)10-6-17/h5-12H,3-4,13-16H2,1-2H3. The minimum absolute atomic E-state index is 0.0129. The number of esters is 1. The van der Waals surface area contributed by atoms with Crippen LogP contribution in [0.3, 0.4) is 0 Å². The van der Waals surface area contributed by atoms with Gasteiger partial charge in [-0.1, -0.05) is 37.1 Å². The Morgan fingerprint density at radius 2 is 1.55 bits per heavy atom. The maximum atomic E-state index is 13.4. The number of methoxy groups -OCH3 is 1. The van der Waals surface area contributed by atoms with Crippen LogP contribution in [0.2, 0.25) is 0 Å². The van der Waals surface area contributed by atoms with Gasteiger partial charge in [-0.25, -0.2) is 12.8 Å². The molecule has 3 rings (SSSR count). The lowest BCUT2D eigenvalue weighted by molar-refractivity contribution is -0.140. The summed E-state index contributed by atoms with van der Waals surface area (Å²) in [4.78, 5) is 11.8. The molecule has 156 valence electrons. The Morgan fingerprint density at radius 3 is 2.07 bits per heavy atom. The molecule has 5 nitrogen and oxygen atoms in total. The molecule has 1 saturated carbocycles. The van der Waals surface area contributed by atoms with Crippen molar-refractivity contribution >= 4 is 16.0 Å². The smallest absolute Gasteiger partial charge is 0.306 e. The van der Waals surface area contributed by atoms with Crippen molar-refractivity contribution in [3.05, 3.63) is 54.3 Å². The van der Waals surface area contributed by atoms with E-state index < -0.39 is 21.5 Å². The van der Waals surface area contributed by atoms with Gasteiger partial charge in [-0.3, -0.25) is 4.79 Å². The van der Waals surface area contributed by atoms with E-state index in [0.717, 1.165) is 36.8 Å². The summed E-state index contributed by atoms with van der Waals surface area (Å²) in [7, 11) is -2.49. The molecular formula is C22H26FNO4S. The summed E-state index contributed by atoms with van der Waals surface area (Å²) in [6.07, 6.45) is 3.47. The van der Waals surface area contributed by atoms with Gasteiger partial charge in [0.2, 0.25) is 10.0 Å². The summed E-state index contributed by atoms with van der Waals surface area (Å²) in [6.45, 7) is 2.03. The molecule has 0 unspecified atom stereocenters. The number of benzene rings is 2. The van der Waals surface area contributed by atoms with E-state index in [9.17, 15) is 17.6 Å². The van der Waals surface area contributed by atoms with Crippen LogP contribution >= 0.6 is 0 Å². The highest BCUT2D eigenvalue weighted by atomic mass is 32.2. The lowest BCUT2D eigenvalue weighted by atomic mass is 10.0. The summed E-state index contributed by atoms with van der Waals surface area (Å²) >= 11 is 0. The first-order valence-electron chi connectivity index (χ1n) is 9.72. The maximum absolute atomic E-state index is 13.4. The first-order valence-corrected chi connectivity index (χ1v) is 11.2. The van der Waals surface area contributed by atoms with E-state index in [0.29, 0.717) is 0 Å². The van der Waals surface area contributed by atoms with E-state index >= 15 is 0 Å². The van der Waals surface area contributed by atoms with Gasteiger partial charge in [-0.15, -0.1) is 0 Å². The fraction of sp³-hybridized carbons (Fsp3) is 0.409. The Labute approximate surface area is 171 Å². The van der Waals surface area contributed by atoms with Crippen molar-refractivity contribution in [1.29, 1.82) is 0 Å². The summed E-state index contributed by atoms with van der Waals surface area (Å²) in [5, 5.41) is 0. The second kappa shape index (κ2) is 8.63. The highest BCUT2D eigenvalue weighted by Crippen LogP contribution is 2.38. The zero-order valence-electron chi connectivity index (χ0n) is 16.7. The van der Waals surface area contributed by atoms with Crippen LogP contribution in [0.1, 0.15) is 39.0 Å². The number of sulfonamides is 1. The van der Waals surface area contributed by atoms with Gasteiger partial charge in [0.15, 0.2) is 0 Å². The van der Waals surface area contributed by atoms with E-state index in [4.69, 9.17) is 4.74 Å². The predicted molar refractivity (Wildman–Crippen MR) is 109 cm³/mol. The summed E-state index contributed by atoms with van der Waals surface area (Å²) in [6, 6.07) is 12.6. The highest BCUT2D eigenvalue weighted by Gasteiger charge is 2.42. The van der Waals surface area contributed by atoms with E-state index in [-0.39, 0.29) is 23.7 Å². The molecule has 1 aliphatic carbocycles. The quantitative estimate of drug-likeness (QED) is 0.625. The molecule has 0 saturated heterocycles. The number of hydrogen-bond acceptors (Lipinski definition) is 4. The van der Waals surface area contributed by atoms with Crippen LogP contribution in [0.15, 0.2) is 53.4 Å². The maximum Gasteiger partial charge on any atom is 0.306 e. The number of carbonyl (C=O) groups excluding carboxylic acids is 1. The van der Waals surface area contributed by atoms with Gasteiger partial charge >= 0.3 is 5.97 Å². The monoisotopic (exact) mass is 419 g/mol. The molecule has 0 amide bonds. The number of ether oxygens (including phenoxy) is 1. The summed E-state index contributed by atoms with van der Waals surface area (Å²) < 4.78 is 46.2. The Balaban J connectivity index is 1.90. The molecule has 2 aromatic rings. The third kappa shape index (κ3) is 4.67. The number of rotatable bonds is 7. The minimum Gasteiger partial charge on any atom is -0.469 e. The normalized spacial score (nSPS) is 16.1. The Hall–Kier alpha value is -2.25. The molecule has 0 N–H and O–H groups in total. The van der Waals surface area contributed by atoms with E-state index in [1.165, 1.54) is 23.5 Å². The second-order valence-electron chi connectivity index (χ2n) is 7.64. The van der Waals surface area contributed by atoms with Crippen molar-refractivity contribution in [3.63, 3.8) is 0 Å². The van der Waals surface area contributed by atoms with E-state index in [1.807, 2.05) is 6.92 Å². The highest BCUT2D eigenvalue weighted by molar-refractivity contribution is 7.89. The van der Waals surface area contributed by atoms with Gasteiger partial charge in [0, 0.05) is 12.1 Å². The predicted octanol–water partition coefficient (Wildman–Crippen LogP) is 4.38. The lowest BCUT2D eigenvalue weighted by Gasteiger charge is -2.37. The van der Waals surface area contributed by atoms with Crippen LogP contribution < -0.4 is 0 Å². The van der Waals surface area contributed by atoms with Crippen LogP contribution in [0.25, 0.3) is 11.1 Å². The summed E-state index contributed by atoms with van der Waals surface area (Å²) in [5.41, 5.74) is 1.10. The summed E-state index contributed by atoms with van der Waals surface area (Å²) in [5.74, 6) is -0.752. The SMILES string of the molecule is COC(=O)CCN(C1(C)CCCC1)S(=O)(=O)c1ccc(-c2ccc(F)cc2)cc1. The van der Waals surface area contributed by atoms with Crippen molar-refractivity contribution in [3.8, 4) is 11.1 Å². The van der Waals surface area contributed by atoms with Crippen molar-refractivity contribution in [2.24, 2.45) is 0 Å². The Kier molecular flexibility index (Phi) is 6.39. The topological polar surface area (TPSA) is 63.7 Å². The van der Waals surface area contributed by atoms with Crippen molar-refractivity contribution in [2.75, 3.05) is 13.7 Å². The van der Waals surface area contributed by atoms with E-state index in [2.05, 4.69) is 0 Å². The third-order valence-corrected chi connectivity index (χ3v) is 7.72. The molecule has 0 heterocycles. The van der Waals surface area contributed by atoms with Crippen LogP contribution in [0.5, 0.6) is 0 Å². The lowest BCUT2D eigenvalue weighted by Crippen LogP contribution is -2.48. The molecule has 0 spiro atoms. The van der Waals surface area contributed by atoms with Crippen LogP contribution in [0.4, 0.5) is 4.39 Å². The molecule has 1 aliphatic rings. The van der Waals surface area contributed by atoms with Gasteiger partial charge in [0.1, 0.15) is 5.82 Å². The van der Waals surface area contributed by atoms with Gasteiger partial charge in [0.05, 0.1) is 18.4 Å². The van der Waals surface area contributed by atoms with Gasteiger partial charge in [-0.05, 0) is 55.2 Å². The molecule has 0 bridgehead atoms. The van der Waals surface area contributed by atoms with Crippen LogP contribution in [0, 0.1) is 5.82 Å². The zero-order chi connectivity index (χ0) is 21.1. The van der Waals surface area contributed by atoms with Crippen molar-refractivity contribution in [1.82, 2.24) is 4.31 Å². The van der Waals surface area contributed by atoms with E-state index in [1.54, 1.807) is 36.4 Å². The zero-order valence-corrected chi connectivity index (χ0v) is 17.5. The van der Waals surface area contributed by atoms with Gasteiger partial charge in [-0.2, -0.15) is 4.31 Å². The minimum atomic E-state index is -3.79. The molecule has 0 aromatic heterocycles. The molecule has 29 heavy (non-hydrogen) atoms. The molecule has 0 radical (unpaired) electrons. The fourth-order valence-electron chi connectivity index (χ4n) is 3.95. The third-order valence-electron chi connectivity index (χ3n) is 5.65. The number of hydrogen-bond donors (Lipinski definition) is 0. The molecule has 1 fully saturated rings. The average Bonchev–Trinajstić information content (AvgIpc) is 3.15. The average molecular weight is 420 g/mol. The Bertz CT molecular complexity index is 949. The first kappa shape index (κ1) is 21.5. The van der Waals surface area contributed by atoms with Gasteiger partial charge in [0.25, 0.3) is 0 Å². The molecule has 0 atom stereocenters. The fourth-order valence-corrected chi connectivity index (χ4v) is 5.78.